The number of hydrogen-bond acceptors (Lipinski definition) is 9. The third kappa shape index (κ3) is 16.0. The summed E-state index contributed by atoms with van der Waals surface area (Å²) < 4.78 is 0. The molecule has 0 bridgehead atoms. The van der Waals surface area contributed by atoms with E-state index in [9.17, 15) is 19.5 Å². The van der Waals surface area contributed by atoms with Crippen molar-refractivity contribution in [1.29, 1.82) is 0 Å². The number of carbonyl (C=O) groups is 3. The molecular formula is C33H70N8O4. The molecule has 1 unspecified atom stereocenters. The number of rotatable bonds is 28. The van der Waals surface area contributed by atoms with Crippen LogP contribution in [0.2, 0.25) is 0 Å². The molecule has 0 aliphatic carbocycles. The van der Waals surface area contributed by atoms with Crippen LogP contribution in [-0.2, 0) is 14.4 Å². The Labute approximate surface area is 275 Å². The van der Waals surface area contributed by atoms with E-state index in [0.29, 0.717) is 39.3 Å². The van der Waals surface area contributed by atoms with E-state index < -0.39 is 24.1 Å². The number of nitrogens with one attached hydrogen (secondary N) is 2. The first-order valence-electron chi connectivity index (χ1n) is 17.7. The van der Waals surface area contributed by atoms with Crippen molar-refractivity contribution in [2.45, 2.75) is 87.4 Å². The molecule has 0 aliphatic heterocycles. The smallest absolute Gasteiger partial charge is 0.328 e. The Bertz CT molecular complexity index is 789. The van der Waals surface area contributed by atoms with Crippen LogP contribution in [0.5, 0.6) is 0 Å². The lowest BCUT2D eigenvalue weighted by Crippen LogP contribution is -2.59. The summed E-state index contributed by atoms with van der Waals surface area (Å²) >= 11 is 0. The van der Waals surface area contributed by atoms with Gasteiger partial charge in [-0.05, 0) is 65.4 Å². The van der Waals surface area contributed by atoms with Crippen molar-refractivity contribution in [3.8, 4) is 0 Å². The average molecular weight is 643 g/mol. The summed E-state index contributed by atoms with van der Waals surface area (Å²) in [5.41, 5.74) is 0. The molecular weight excluding hydrogens is 572 g/mol. The Morgan fingerprint density at radius 3 is 1.16 bits per heavy atom. The lowest BCUT2D eigenvalue weighted by Gasteiger charge is -2.35. The first kappa shape index (κ1) is 43.2. The second-order valence-electron chi connectivity index (χ2n) is 11.5. The van der Waals surface area contributed by atoms with E-state index in [4.69, 9.17) is 0 Å². The van der Waals surface area contributed by atoms with Crippen molar-refractivity contribution in [2.24, 2.45) is 0 Å². The highest BCUT2D eigenvalue weighted by molar-refractivity contribution is 5.88. The van der Waals surface area contributed by atoms with E-state index in [0.717, 1.165) is 65.4 Å². The van der Waals surface area contributed by atoms with Gasteiger partial charge in [0.15, 0.2) is 0 Å². The molecule has 0 aromatic carbocycles. The van der Waals surface area contributed by atoms with Crippen LogP contribution in [0.1, 0.15) is 69.2 Å². The van der Waals surface area contributed by atoms with Crippen molar-refractivity contribution in [3.05, 3.63) is 0 Å². The van der Waals surface area contributed by atoms with E-state index in [-0.39, 0.29) is 18.4 Å². The third-order valence-corrected chi connectivity index (χ3v) is 9.22. The van der Waals surface area contributed by atoms with Crippen molar-refractivity contribution >= 4 is 17.8 Å². The van der Waals surface area contributed by atoms with Gasteiger partial charge in [-0.3, -0.25) is 19.4 Å². The largest absolute Gasteiger partial charge is 0.480 e. The van der Waals surface area contributed by atoms with Gasteiger partial charge in [-0.15, -0.1) is 0 Å². The van der Waals surface area contributed by atoms with Gasteiger partial charge in [0.2, 0.25) is 11.8 Å². The number of carbonyl (C=O) groups excluding carboxylic acids is 2. The van der Waals surface area contributed by atoms with Crippen molar-refractivity contribution < 1.29 is 19.5 Å². The first-order chi connectivity index (χ1) is 21.5. The molecule has 0 radical (unpaired) electrons. The maximum absolute atomic E-state index is 13.7. The van der Waals surface area contributed by atoms with Crippen molar-refractivity contribution in [2.75, 3.05) is 111 Å². The number of amides is 2. The molecule has 45 heavy (non-hydrogen) atoms. The summed E-state index contributed by atoms with van der Waals surface area (Å²) in [4.78, 5) is 53.0. The van der Waals surface area contributed by atoms with Gasteiger partial charge in [0, 0.05) is 45.8 Å². The van der Waals surface area contributed by atoms with Crippen LogP contribution >= 0.6 is 0 Å². The minimum absolute atomic E-state index is 0.173. The summed E-state index contributed by atoms with van der Waals surface area (Å²) in [6.07, 6.45) is 0. The van der Waals surface area contributed by atoms with Gasteiger partial charge >= 0.3 is 5.97 Å². The molecule has 0 fully saturated rings. The molecule has 0 saturated carbocycles. The normalized spacial score (nSPS) is 14.1. The number of aliphatic carboxylic acids is 1. The van der Waals surface area contributed by atoms with E-state index >= 15 is 0 Å². The minimum Gasteiger partial charge on any atom is -0.480 e. The molecule has 3 atom stereocenters. The van der Waals surface area contributed by atoms with Gasteiger partial charge in [0.1, 0.15) is 18.1 Å². The Kier molecular flexibility index (Phi) is 24.3. The van der Waals surface area contributed by atoms with Crippen molar-refractivity contribution in [1.82, 2.24) is 40.0 Å². The monoisotopic (exact) mass is 643 g/mol. The molecule has 0 aromatic heterocycles. The van der Waals surface area contributed by atoms with Crippen LogP contribution in [0.4, 0.5) is 0 Å². The Balaban J connectivity index is 5.71. The fraction of sp³-hybridized carbons (Fsp3) is 0.909. The molecule has 266 valence electrons. The predicted octanol–water partition coefficient (Wildman–Crippen LogP) is 1.42. The lowest BCUT2D eigenvalue weighted by atomic mass is 10.1. The van der Waals surface area contributed by atoms with E-state index in [1.807, 2.05) is 27.7 Å². The van der Waals surface area contributed by atoms with E-state index in [2.05, 4.69) is 81.6 Å². The molecule has 0 heterocycles. The SMILES string of the molecule is CCN(CC)CCN(CC)CC(C(=O)NC[C@@H](NC(=O)[C@H](CN(CC)CCN(CC)CC)N(CC)CC)C(=O)O)N(CC)CC. The van der Waals surface area contributed by atoms with Crippen LogP contribution in [0.25, 0.3) is 0 Å². The molecule has 12 nitrogen and oxygen atoms in total. The molecule has 0 saturated heterocycles. The Hall–Kier alpha value is -1.83. The molecule has 0 spiro atoms. The first-order valence-corrected chi connectivity index (χ1v) is 17.7. The van der Waals surface area contributed by atoms with Crippen LogP contribution in [0.3, 0.4) is 0 Å². The van der Waals surface area contributed by atoms with E-state index in [1.54, 1.807) is 0 Å². The van der Waals surface area contributed by atoms with Gasteiger partial charge < -0.3 is 35.3 Å². The topological polar surface area (TPSA) is 115 Å². The highest BCUT2D eigenvalue weighted by Gasteiger charge is 2.32. The van der Waals surface area contributed by atoms with Crippen LogP contribution in [-0.4, -0.2) is 182 Å². The second-order valence-corrected chi connectivity index (χ2v) is 11.5. The molecule has 12 heteroatoms. The number of likely N-dealkylation sites (N-methyl/N-ethyl adjacent to an activating group) is 6. The molecule has 2 amide bonds. The quantitative estimate of drug-likeness (QED) is 0.116. The van der Waals surface area contributed by atoms with Gasteiger partial charge in [-0.25, -0.2) is 4.79 Å². The van der Waals surface area contributed by atoms with Gasteiger partial charge in [0.25, 0.3) is 0 Å². The summed E-state index contributed by atoms with van der Waals surface area (Å²) in [6.45, 7) is 33.6. The highest BCUT2D eigenvalue weighted by atomic mass is 16.4. The molecule has 0 aromatic rings. The summed E-state index contributed by atoms with van der Waals surface area (Å²) in [5, 5.41) is 15.7. The number of carboxylic acids is 1. The predicted molar refractivity (Wildman–Crippen MR) is 186 cm³/mol. The second kappa shape index (κ2) is 25.3. The minimum atomic E-state index is -1.23. The molecule has 0 rings (SSSR count). The third-order valence-electron chi connectivity index (χ3n) is 9.22. The maximum Gasteiger partial charge on any atom is 0.328 e. The lowest BCUT2D eigenvalue weighted by molar-refractivity contribution is -0.143. The summed E-state index contributed by atoms with van der Waals surface area (Å²) in [7, 11) is 0. The van der Waals surface area contributed by atoms with Gasteiger partial charge in [-0.1, -0.05) is 69.2 Å². The van der Waals surface area contributed by atoms with Crippen LogP contribution in [0.15, 0.2) is 0 Å². The summed E-state index contributed by atoms with van der Waals surface area (Å²) in [5.74, 6) is -1.70. The van der Waals surface area contributed by atoms with E-state index in [1.165, 1.54) is 0 Å². The van der Waals surface area contributed by atoms with Crippen LogP contribution < -0.4 is 10.6 Å². The van der Waals surface area contributed by atoms with Crippen molar-refractivity contribution in [3.63, 3.8) is 0 Å². The molecule has 0 aliphatic rings. The fourth-order valence-electron chi connectivity index (χ4n) is 5.74. The number of hydrogen-bond donors (Lipinski definition) is 3. The zero-order valence-corrected chi connectivity index (χ0v) is 30.6. The number of carboxylic acid groups (broad SMARTS) is 1. The maximum atomic E-state index is 13.7. The molecule has 3 N–H and O–H groups in total. The number of nitrogens with zero attached hydrogens (tertiary/aromatic N) is 6. The van der Waals surface area contributed by atoms with Gasteiger partial charge in [-0.2, -0.15) is 0 Å². The zero-order chi connectivity index (χ0) is 34.4. The fourth-order valence-corrected chi connectivity index (χ4v) is 5.74. The van der Waals surface area contributed by atoms with Gasteiger partial charge in [0.05, 0.1) is 0 Å². The Morgan fingerprint density at radius 2 is 0.844 bits per heavy atom. The zero-order valence-electron chi connectivity index (χ0n) is 30.6. The highest BCUT2D eigenvalue weighted by Crippen LogP contribution is 2.07. The van der Waals surface area contributed by atoms with Crippen LogP contribution in [0, 0.1) is 0 Å². The summed E-state index contributed by atoms with van der Waals surface area (Å²) in [6, 6.07) is -2.15. The average Bonchev–Trinajstić information content (AvgIpc) is 3.05. The Morgan fingerprint density at radius 1 is 0.511 bits per heavy atom. The standard InChI is InChI=1S/C33H70N8O4/c1-11-36(12-2)21-23-38(15-5)26-29(40(17-7)18-8)31(42)34-25-28(33(44)45)35-32(43)30(41(19-9)20-10)27-39(16-6)24-22-37(13-3)14-4/h28-30H,11-27H2,1-10H3,(H,34,42)(H,35,43)(H,44,45)/t28-,29?,30+/m1/s1.